The minimum Gasteiger partial charge on any atom is -0.480 e. The molecule has 2 rings (SSSR count). The molecule has 0 aromatic heterocycles. The highest BCUT2D eigenvalue weighted by Crippen LogP contribution is 2.26. The minimum absolute atomic E-state index is 0.196. The van der Waals surface area contributed by atoms with Crippen molar-refractivity contribution in [2.45, 2.75) is 110 Å². The van der Waals surface area contributed by atoms with Gasteiger partial charge in [0.15, 0.2) is 12.6 Å². The molecular weight excluding hydrogens is 1190 g/mol. The maximum Gasteiger partial charge on any atom is 0.347 e. The van der Waals surface area contributed by atoms with Crippen molar-refractivity contribution in [3.63, 3.8) is 0 Å². The third kappa shape index (κ3) is 28.1. The summed E-state index contributed by atoms with van der Waals surface area (Å²) in [5.41, 5.74) is 0. The number of esters is 2. The van der Waals surface area contributed by atoms with Gasteiger partial charge in [0.05, 0.1) is 84.7 Å². The molecule has 41 nitrogen and oxygen atoms in total. The molecule has 2 aliphatic heterocycles. The molecule has 87 heavy (non-hydrogen) atoms. The van der Waals surface area contributed by atoms with Gasteiger partial charge in [0, 0.05) is 26.2 Å². The highest BCUT2D eigenvalue weighted by Gasteiger charge is 2.48. The van der Waals surface area contributed by atoms with Gasteiger partial charge in [-0.1, -0.05) is 10.3 Å². The Morgan fingerprint density at radius 3 is 1.14 bits per heavy atom. The topological polar surface area (TPSA) is 636 Å². The maximum absolute atomic E-state index is 12.7. The van der Waals surface area contributed by atoms with Crippen LogP contribution in [-0.4, -0.2) is 401 Å². The molecule has 502 valence electrons. The molecule has 0 radical (unpaired) electrons. The molecule has 2 aliphatic rings. The Bertz CT molecular complexity index is 2000. The fourth-order valence-electron chi connectivity index (χ4n) is 7.78. The van der Waals surface area contributed by atoms with Crippen LogP contribution in [0.2, 0.25) is 0 Å². The molecule has 0 unspecified atom stereocenters. The van der Waals surface area contributed by atoms with Gasteiger partial charge in [-0.05, 0) is 0 Å². The van der Waals surface area contributed by atoms with E-state index in [1.807, 2.05) is 0 Å². The first kappa shape index (κ1) is 77.4. The molecular formula is C46H79N7O34. The number of carboxylic acids is 3. The predicted molar refractivity (Wildman–Crippen MR) is 277 cm³/mol. The standard InChI is InChI=1S/C46H79N7O34/c54-16-24(60)43(86-45-41(78)39(76)37(74)26(18-56)84-45)35(72)22(58)9-49-82-20-33(70)80-7-1-47-28(62)11-52(14-31(66)67)5-3-51(13-30(64)65)4-6-53(15-32(68)69)12-29(63)48-2-8-81-34(71)21-83-50-10-23(59)36(73)44(25(61)17-55)87-46-42(79)40(77)38(75)27(19-57)85-46/h9-10,22-27,35-46,54-61,72-79H,1-8,11-21H2,(H,47,62)(H,48,63)(H,64,65)(H,66,67)(H,68,69)/b49-9-,50-10+/t22-,23-,24+,25+,26-,27-,35+,36+,37-,38-,39+,40+,41-,42-,43+,44+,45+,46+/m1/s1. The number of aliphatic hydroxyl groups is 16. The van der Waals surface area contributed by atoms with E-state index in [-0.39, 0.29) is 39.3 Å². The van der Waals surface area contributed by atoms with E-state index in [4.69, 9.17) is 38.1 Å². The third-order valence-electron chi connectivity index (χ3n) is 12.4. The van der Waals surface area contributed by atoms with Crippen molar-refractivity contribution in [2.75, 3.05) is 125 Å². The number of carboxylic acid groups (broad SMARTS) is 3. The summed E-state index contributed by atoms with van der Waals surface area (Å²) in [5, 5.41) is 200. The van der Waals surface area contributed by atoms with Crippen LogP contribution < -0.4 is 10.6 Å². The Labute approximate surface area is 492 Å². The normalized spacial score (nSPS) is 25.3. The quantitative estimate of drug-likeness (QED) is 0.0117. The van der Waals surface area contributed by atoms with Crippen LogP contribution >= 0.6 is 0 Å². The summed E-state index contributed by atoms with van der Waals surface area (Å²) in [4.78, 5) is 97.7. The first-order chi connectivity index (χ1) is 41.1. The summed E-state index contributed by atoms with van der Waals surface area (Å²) in [7, 11) is 0. The van der Waals surface area contributed by atoms with Gasteiger partial charge >= 0.3 is 29.8 Å². The van der Waals surface area contributed by atoms with Crippen LogP contribution in [0.15, 0.2) is 10.3 Å². The fourth-order valence-corrected chi connectivity index (χ4v) is 7.78. The van der Waals surface area contributed by atoms with Gasteiger partial charge in [-0.25, -0.2) is 9.59 Å². The van der Waals surface area contributed by atoms with Gasteiger partial charge in [-0.15, -0.1) is 0 Å². The van der Waals surface area contributed by atoms with Gasteiger partial charge in [0.25, 0.3) is 0 Å². The van der Waals surface area contributed by atoms with Gasteiger partial charge in [-0.2, -0.15) is 0 Å². The second-order valence-corrected chi connectivity index (χ2v) is 19.1. The van der Waals surface area contributed by atoms with E-state index in [2.05, 4.69) is 20.9 Å². The molecule has 0 bridgehead atoms. The SMILES string of the molecule is O=C(O)CN(CCN(CC(=O)O)CC(=O)NCCOC(=O)CO/N=C\[C@@H](O)[C@H](O)[C@@H](O[C@@H]1O[C@H](CO)[C@@H](O)[C@H](O)[C@H]1O)[C@@H](O)CO)CCN(CC(=O)O)CC(=O)NCCOC(=O)CO/N=C/[C@@H](O)[C@H](O)[C@@H](O[C@@H]1O[C@H](CO)[C@@H](O)[C@H](O)[C@H]1O)[C@@H](O)CO. The average Bonchev–Trinajstić information content (AvgIpc) is 3.23. The number of amides is 2. The molecule has 41 heteroatoms. The molecule has 2 heterocycles. The Morgan fingerprint density at radius 2 is 0.816 bits per heavy atom. The summed E-state index contributed by atoms with van der Waals surface area (Å²) in [6, 6.07) is 0. The number of hydrogen-bond donors (Lipinski definition) is 21. The first-order valence-corrected chi connectivity index (χ1v) is 26.3. The maximum atomic E-state index is 12.7. The lowest BCUT2D eigenvalue weighted by atomic mass is 9.98. The van der Waals surface area contributed by atoms with Gasteiger partial charge < -0.3 is 146 Å². The van der Waals surface area contributed by atoms with Crippen molar-refractivity contribution < 1.29 is 169 Å². The van der Waals surface area contributed by atoms with Crippen LogP contribution in [0.3, 0.4) is 0 Å². The van der Waals surface area contributed by atoms with E-state index in [1.165, 1.54) is 4.90 Å². The average molecular weight is 1270 g/mol. The molecule has 0 spiro atoms. The van der Waals surface area contributed by atoms with Crippen LogP contribution in [-0.2, 0) is 71.7 Å². The molecule has 21 N–H and O–H groups in total. The Kier molecular flexibility index (Phi) is 36.3. The molecule has 0 aromatic rings. The van der Waals surface area contributed by atoms with Gasteiger partial charge in [0.1, 0.15) is 111 Å². The molecule has 2 amide bonds. The largest absolute Gasteiger partial charge is 0.480 e. The fraction of sp³-hybridized carbons (Fsp3) is 0.804. The van der Waals surface area contributed by atoms with E-state index < -0.39 is 237 Å². The van der Waals surface area contributed by atoms with E-state index in [1.54, 1.807) is 0 Å². The Morgan fingerprint density at radius 1 is 0.483 bits per heavy atom. The van der Waals surface area contributed by atoms with Crippen molar-refractivity contribution in [2.24, 2.45) is 10.3 Å². The zero-order valence-corrected chi connectivity index (χ0v) is 46.3. The molecule has 18 atom stereocenters. The summed E-state index contributed by atoms with van der Waals surface area (Å²) >= 11 is 0. The van der Waals surface area contributed by atoms with Crippen LogP contribution in [0, 0.1) is 0 Å². The highest BCUT2D eigenvalue weighted by molar-refractivity contribution is 5.80. The Hall–Kier alpha value is -5.69. The van der Waals surface area contributed by atoms with E-state index in [0.29, 0.717) is 12.4 Å². The molecule has 0 saturated carbocycles. The summed E-state index contributed by atoms with van der Waals surface area (Å²) in [6.45, 7) is -11.2. The summed E-state index contributed by atoms with van der Waals surface area (Å²) in [6.07, 6.45) is -33.2. The number of aliphatic carboxylic acids is 3. The van der Waals surface area contributed by atoms with E-state index in [9.17, 15) is 131 Å². The van der Waals surface area contributed by atoms with Crippen LogP contribution in [0.5, 0.6) is 0 Å². The lowest BCUT2D eigenvalue weighted by Crippen LogP contribution is -2.61. The van der Waals surface area contributed by atoms with Gasteiger partial charge in [0.2, 0.25) is 25.0 Å². The number of carbonyl (C=O) groups excluding carboxylic acids is 4. The number of carbonyl (C=O) groups is 7. The monoisotopic (exact) mass is 1270 g/mol. The molecule has 0 aliphatic carbocycles. The van der Waals surface area contributed by atoms with E-state index >= 15 is 0 Å². The van der Waals surface area contributed by atoms with Crippen LogP contribution in [0.4, 0.5) is 0 Å². The van der Waals surface area contributed by atoms with Crippen molar-refractivity contribution in [1.82, 2.24) is 25.3 Å². The lowest BCUT2D eigenvalue weighted by Gasteiger charge is -2.42. The zero-order valence-electron chi connectivity index (χ0n) is 46.3. The number of ether oxygens (including phenoxy) is 6. The zero-order chi connectivity index (χ0) is 65.5. The second-order valence-electron chi connectivity index (χ2n) is 19.1. The predicted octanol–water partition coefficient (Wildman–Crippen LogP) is -15.0. The van der Waals surface area contributed by atoms with Crippen molar-refractivity contribution in [1.29, 1.82) is 0 Å². The number of aliphatic hydroxyl groups excluding tert-OH is 16. The van der Waals surface area contributed by atoms with Crippen LogP contribution in [0.25, 0.3) is 0 Å². The number of rotatable bonds is 44. The number of hydrogen-bond acceptors (Lipinski definition) is 36. The van der Waals surface area contributed by atoms with Crippen molar-refractivity contribution >= 4 is 54.1 Å². The minimum atomic E-state index is -2.15. The lowest BCUT2D eigenvalue weighted by molar-refractivity contribution is -0.326. The van der Waals surface area contributed by atoms with Crippen LogP contribution in [0.1, 0.15) is 0 Å². The highest BCUT2D eigenvalue weighted by atomic mass is 16.7. The van der Waals surface area contributed by atoms with Gasteiger partial charge in [-0.3, -0.25) is 38.7 Å². The van der Waals surface area contributed by atoms with E-state index in [0.717, 1.165) is 9.80 Å². The Balaban J connectivity index is 1.81. The molecule has 2 saturated heterocycles. The van der Waals surface area contributed by atoms with Crippen molar-refractivity contribution in [3.8, 4) is 0 Å². The summed E-state index contributed by atoms with van der Waals surface area (Å²) < 4.78 is 30.6. The number of nitrogens with zero attached hydrogens (tertiary/aromatic N) is 5. The van der Waals surface area contributed by atoms with Crippen molar-refractivity contribution in [3.05, 3.63) is 0 Å². The first-order valence-electron chi connectivity index (χ1n) is 26.3. The number of nitrogens with one attached hydrogen (secondary N) is 2. The number of oxime groups is 2. The smallest absolute Gasteiger partial charge is 0.347 e. The molecule has 0 aromatic carbocycles. The summed E-state index contributed by atoms with van der Waals surface area (Å²) in [5.74, 6) is -7.78. The second kappa shape index (κ2) is 40.8. The third-order valence-corrected chi connectivity index (χ3v) is 12.4. The molecule has 2 fully saturated rings.